The summed E-state index contributed by atoms with van der Waals surface area (Å²) >= 11 is 0. The van der Waals surface area contributed by atoms with E-state index < -0.39 is 0 Å². The normalized spacial score (nSPS) is 18.8. The van der Waals surface area contributed by atoms with Crippen LogP contribution in [0.4, 0.5) is 0 Å². The Hall–Kier alpha value is -2.40. The summed E-state index contributed by atoms with van der Waals surface area (Å²) in [6.07, 6.45) is 1.85. The van der Waals surface area contributed by atoms with Gasteiger partial charge in [-0.3, -0.25) is 14.5 Å². The highest BCUT2D eigenvalue weighted by Gasteiger charge is 2.26. The summed E-state index contributed by atoms with van der Waals surface area (Å²) in [5.74, 6) is 0.101. The van der Waals surface area contributed by atoms with Crippen LogP contribution in [0.2, 0.25) is 0 Å². The molecule has 0 aliphatic carbocycles. The Morgan fingerprint density at radius 2 is 1.96 bits per heavy atom. The molecule has 5 heteroatoms. The number of piperidine rings is 1. The van der Waals surface area contributed by atoms with E-state index in [1.165, 1.54) is 10.8 Å². The summed E-state index contributed by atoms with van der Waals surface area (Å²) in [7, 11) is 0. The molecule has 1 fully saturated rings. The van der Waals surface area contributed by atoms with E-state index in [2.05, 4.69) is 45.9 Å². The fraction of sp³-hybridized carbons (Fsp3) is 0.455. The number of nitrogens with zero attached hydrogens (tertiary/aromatic N) is 1. The SMILES string of the molecule is CCNC(=O)C1CCCN(CC(=O)NC(C)c2ccc3ccccc3c2)C1. The fourth-order valence-electron chi connectivity index (χ4n) is 3.78. The molecule has 2 aromatic rings. The van der Waals surface area contributed by atoms with Crippen LogP contribution < -0.4 is 10.6 Å². The molecule has 2 atom stereocenters. The molecule has 27 heavy (non-hydrogen) atoms. The zero-order valence-electron chi connectivity index (χ0n) is 16.2. The second-order valence-corrected chi connectivity index (χ2v) is 7.36. The molecule has 2 amide bonds. The van der Waals surface area contributed by atoms with Crippen molar-refractivity contribution >= 4 is 22.6 Å². The third kappa shape index (κ3) is 5.07. The number of likely N-dealkylation sites (tertiary alicyclic amines) is 1. The summed E-state index contributed by atoms with van der Waals surface area (Å²) in [6.45, 7) is 6.46. The van der Waals surface area contributed by atoms with Crippen molar-refractivity contribution in [3.63, 3.8) is 0 Å². The average Bonchev–Trinajstić information content (AvgIpc) is 2.68. The second kappa shape index (κ2) is 9.00. The highest BCUT2D eigenvalue weighted by atomic mass is 16.2. The first-order valence-electron chi connectivity index (χ1n) is 9.85. The van der Waals surface area contributed by atoms with Gasteiger partial charge in [0.15, 0.2) is 0 Å². The number of carbonyl (C=O) groups excluding carboxylic acids is 2. The summed E-state index contributed by atoms with van der Waals surface area (Å²) in [5.41, 5.74) is 1.10. The molecule has 5 nitrogen and oxygen atoms in total. The average molecular weight is 367 g/mol. The fourth-order valence-corrected chi connectivity index (χ4v) is 3.78. The smallest absolute Gasteiger partial charge is 0.234 e. The number of fused-ring (bicyclic) bond motifs is 1. The topological polar surface area (TPSA) is 61.4 Å². The van der Waals surface area contributed by atoms with Crippen molar-refractivity contribution in [2.45, 2.75) is 32.7 Å². The van der Waals surface area contributed by atoms with Crippen molar-refractivity contribution in [1.82, 2.24) is 15.5 Å². The quantitative estimate of drug-likeness (QED) is 0.825. The van der Waals surface area contributed by atoms with Crippen molar-refractivity contribution in [3.05, 3.63) is 48.0 Å². The van der Waals surface area contributed by atoms with Crippen LogP contribution in [-0.4, -0.2) is 42.9 Å². The lowest BCUT2D eigenvalue weighted by Gasteiger charge is -2.31. The minimum Gasteiger partial charge on any atom is -0.356 e. The predicted octanol–water partition coefficient (Wildman–Crippen LogP) is 2.87. The van der Waals surface area contributed by atoms with Crippen LogP contribution in [-0.2, 0) is 9.59 Å². The number of carbonyl (C=O) groups is 2. The Kier molecular flexibility index (Phi) is 6.45. The van der Waals surface area contributed by atoms with Crippen LogP contribution in [0.15, 0.2) is 42.5 Å². The van der Waals surface area contributed by atoms with Crippen molar-refractivity contribution < 1.29 is 9.59 Å². The predicted molar refractivity (Wildman–Crippen MR) is 108 cm³/mol. The Morgan fingerprint density at radius 3 is 2.74 bits per heavy atom. The van der Waals surface area contributed by atoms with Gasteiger partial charge in [0, 0.05) is 13.1 Å². The first-order chi connectivity index (χ1) is 13.1. The Bertz CT molecular complexity index is 805. The van der Waals surface area contributed by atoms with Gasteiger partial charge in [-0.1, -0.05) is 36.4 Å². The number of benzene rings is 2. The second-order valence-electron chi connectivity index (χ2n) is 7.36. The summed E-state index contributed by atoms with van der Waals surface area (Å²) < 4.78 is 0. The lowest BCUT2D eigenvalue weighted by Crippen LogP contribution is -2.46. The van der Waals surface area contributed by atoms with Crippen LogP contribution >= 0.6 is 0 Å². The summed E-state index contributed by atoms with van der Waals surface area (Å²) in [4.78, 5) is 26.7. The van der Waals surface area contributed by atoms with Gasteiger partial charge in [-0.05, 0) is 55.6 Å². The number of rotatable bonds is 6. The molecule has 144 valence electrons. The molecule has 2 aromatic carbocycles. The van der Waals surface area contributed by atoms with Crippen LogP contribution in [0.5, 0.6) is 0 Å². The lowest BCUT2D eigenvalue weighted by molar-refractivity contribution is -0.129. The Balaban J connectivity index is 1.55. The van der Waals surface area contributed by atoms with Crippen molar-refractivity contribution in [2.75, 3.05) is 26.2 Å². The molecule has 1 heterocycles. The third-order valence-corrected chi connectivity index (χ3v) is 5.25. The molecule has 0 saturated carbocycles. The van der Waals surface area contributed by atoms with Crippen molar-refractivity contribution in [1.29, 1.82) is 0 Å². The zero-order valence-corrected chi connectivity index (χ0v) is 16.2. The Labute approximate surface area is 161 Å². The standard InChI is InChI=1S/C22H29N3O2/c1-3-23-22(27)20-9-6-12-25(14-20)15-21(26)24-16(2)18-11-10-17-7-4-5-8-19(17)13-18/h4-5,7-8,10-11,13,16,20H,3,6,9,12,14-15H2,1-2H3,(H,23,27)(H,24,26). The summed E-state index contributed by atoms with van der Waals surface area (Å²) in [5, 5.41) is 8.36. The number of nitrogens with one attached hydrogen (secondary N) is 2. The number of amides is 2. The molecular weight excluding hydrogens is 338 g/mol. The van der Waals surface area contributed by atoms with E-state index in [0.717, 1.165) is 24.9 Å². The van der Waals surface area contributed by atoms with E-state index in [1.807, 2.05) is 26.0 Å². The van der Waals surface area contributed by atoms with E-state index in [0.29, 0.717) is 19.6 Å². The first kappa shape index (κ1) is 19.4. The van der Waals surface area contributed by atoms with Gasteiger partial charge in [-0.15, -0.1) is 0 Å². The molecule has 0 bridgehead atoms. The van der Waals surface area contributed by atoms with E-state index in [1.54, 1.807) is 0 Å². The molecule has 0 radical (unpaired) electrons. The summed E-state index contributed by atoms with van der Waals surface area (Å²) in [6, 6.07) is 14.5. The van der Waals surface area contributed by atoms with Gasteiger partial charge in [0.25, 0.3) is 0 Å². The van der Waals surface area contributed by atoms with Crippen LogP contribution in [0.25, 0.3) is 10.8 Å². The van der Waals surface area contributed by atoms with Crippen molar-refractivity contribution in [2.24, 2.45) is 5.92 Å². The first-order valence-corrected chi connectivity index (χ1v) is 9.85. The monoisotopic (exact) mass is 367 g/mol. The number of hydrogen-bond acceptors (Lipinski definition) is 3. The lowest BCUT2D eigenvalue weighted by atomic mass is 9.97. The van der Waals surface area contributed by atoms with Crippen LogP contribution in [0, 0.1) is 5.92 Å². The molecule has 1 saturated heterocycles. The number of hydrogen-bond donors (Lipinski definition) is 2. The van der Waals surface area contributed by atoms with Crippen LogP contribution in [0.3, 0.4) is 0 Å². The Morgan fingerprint density at radius 1 is 1.19 bits per heavy atom. The maximum Gasteiger partial charge on any atom is 0.234 e. The van der Waals surface area contributed by atoms with E-state index >= 15 is 0 Å². The van der Waals surface area contributed by atoms with E-state index in [-0.39, 0.29) is 23.8 Å². The van der Waals surface area contributed by atoms with Gasteiger partial charge in [0.05, 0.1) is 18.5 Å². The molecule has 3 rings (SSSR count). The van der Waals surface area contributed by atoms with Gasteiger partial charge >= 0.3 is 0 Å². The molecule has 2 N–H and O–H groups in total. The van der Waals surface area contributed by atoms with Gasteiger partial charge in [-0.2, -0.15) is 0 Å². The maximum absolute atomic E-state index is 12.5. The maximum atomic E-state index is 12.5. The molecule has 0 spiro atoms. The highest BCUT2D eigenvalue weighted by Crippen LogP contribution is 2.20. The van der Waals surface area contributed by atoms with Gasteiger partial charge < -0.3 is 10.6 Å². The van der Waals surface area contributed by atoms with E-state index in [4.69, 9.17) is 0 Å². The molecule has 1 aliphatic heterocycles. The third-order valence-electron chi connectivity index (χ3n) is 5.25. The molecule has 1 aliphatic rings. The largest absolute Gasteiger partial charge is 0.356 e. The van der Waals surface area contributed by atoms with E-state index in [9.17, 15) is 9.59 Å². The molecule has 0 aromatic heterocycles. The van der Waals surface area contributed by atoms with Gasteiger partial charge in [0.2, 0.25) is 11.8 Å². The van der Waals surface area contributed by atoms with Gasteiger partial charge in [-0.25, -0.2) is 0 Å². The zero-order chi connectivity index (χ0) is 19.2. The minimum absolute atomic E-state index is 0.00667. The van der Waals surface area contributed by atoms with Crippen LogP contribution in [0.1, 0.15) is 38.3 Å². The minimum atomic E-state index is -0.0499. The van der Waals surface area contributed by atoms with Gasteiger partial charge in [0.1, 0.15) is 0 Å². The molecular formula is C22H29N3O2. The highest BCUT2D eigenvalue weighted by molar-refractivity contribution is 5.84. The van der Waals surface area contributed by atoms with Crippen molar-refractivity contribution in [3.8, 4) is 0 Å². The molecule has 2 unspecified atom stereocenters.